The molecule has 0 bridgehead atoms. The minimum atomic E-state index is 0.732. The Labute approximate surface area is 152 Å². The second kappa shape index (κ2) is 9.03. The predicted molar refractivity (Wildman–Crippen MR) is 104 cm³/mol. The van der Waals surface area contributed by atoms with Crippen molar-refractivity contribution in [1.82, 2.24) is 20.4 Å². The van der Waals surface area contributed by atoms with Crippen molar-refractivity contribution < 1.29 is 0 Å². The lowest BCUT2D eigenvalue weighted by Crippen LogP contribution is -2.38. The van der Waals surface area contributed by atoms with Crippen molar-refractivity contribution >= 4 is 17.3 Å². The van der Waals surface area contributed by atoms with E-state index in [1.807, 2.05) is 16.9 Å². The third-order valence-electron chi connectivity index (χ3n) is 3.92. The summed E-state index contributed by atoms with van der Waals surface area (Å²) in [6.07, 6.45) is 4.80. The SMILES string of the molecule is CN=C(NCCc1cccs1)NCc1ccccc1Cn1cccn1. The average molecular weight is 353 g/mol. The van der Waals surface area contributed by atoms with Gasteiger partial charge in [0.25, 0.3) is 0 Å². The molecule has 0 saturated heterocycles. The number of hydrogen-bond donors (Lipinski definition) is 2. The lowest BCUT2D eigenvalue weighted by molar-refractivity contribution is 0.677. The molecule has 0 spiro atoms. The zero-order valence-corrected chi connectivity index (χ0v) is 15.2. The fraction of sp³-hybridized carbons (Fsp3) is 0.263. The first kappa shape index (κ1) is 17.2. The number of nitrogens with one attached hydrogen (secondary N) is 2. The number of aromatic nitrogens is 2. The third kappa shape index (κ3) is 5.19. The molecule has 3 aromatic rings. The van der Waals surface area contributed by atoms with E-state index < -0.39 is 0 Å². The maximum absolute atomic E-state index is 4.31. The first-order valence-corrected chi connectivity index (χ1v) is 9.24. The van der Waals surface area contributed by atoms with Gasteiger partial charge in [0.1, 0.15) is 0 Å². The Hall–Kier alpha value is -2.60. The van der Waals surface area contributed by atoms with E-state index in [0.29, 0.717) is 0 Å². The van der Waals surface area contributed by atoms with Crippen molar-refractivity contribution in [3.05, 3.63) is 76.2 Å². The maximum atomic E-state index is 4.31. The highest BCUT2D eigenvalue weighted by Gasteiger charge is 2.05. The van der Waals surface area contributed by atoms with Crippen LogP contribution in [0.4, 0.5) is 0 Å². The normalized spacial score (nSPS) is 11.5. The molecule has 0 aliphatic rings. The molecule has 5 nitrogen and oxygen atoms in total. The molecular weight excluding hydrogens is 330 g/mol. The number of aliphatic imine (C=N–C) groups is 1. The highest BCUT2D eigenvalue weighted by Crippen LogP contribution is 2.10. The van der Waals surface area contributed by atoms with Gasteiger partial charge in [0.15, 0.2) is 5.96 Å². The average Bonchev–Trinajstić information content (AvgIpc) is 3.33. The minimum Gasteiger partial charge on any atom is -0.356 e. The van der Waals surface area contributed by atoms with E-state index in [4.69, 9.17) is 0 Å². The van der Waals surface area contributed by atoms with E-state index in [1.54, 1.807) is 24.6 Å². The summed E-state index contributed by atoms with van der Waals surface area (Å²) >= 11 is 1.79. The van der Waals surface area contributed by atoms with Gasteiger partial charge < -0.3 is 10.6 Å². The van der Waals surface area contributed by atoms with Crippen LogP contribution in [-0.2, 0) is 19.5 Å². The number of benzene rings is 1. The molecule has 25 heavy (non-hydrogen) atoms. The van der Waals surface area contributed by atoms with Crippen LogP contribution in [0.15, 0.2) is 65.2 Å². The van der Waals surface area contributed by atoms with Crippen LogP contribution in [0.5, 0.6) is 0 Å². The van der Waals surface area contributed by atoms with Gasteiger partial charge in [-0.05, 0) is 35.1 Å². The first-order chi connectivity index (χ1) is 12.3. The number of rotatable bonds is 7. The van der Waals surface area contributed by atoms with Gasteiger partial charge >= 0.3 is 0 Å². The van der Waals surface area contributed by atoms with Crippen LogP contribution >= 0.6 is 11.3 Å². The molecule has 0 atom stereocenters. The zero-order chi connectivity index (χ0) is 17.3. The molecule has 6 heteroatoms. The minimum absolute atomic E-state index is 0.732. The molecule has 2 heterocycles. The van der Waals surface area contributed by atoms with Crippen molar-refractivity contribution in [3.63, 3.8) is 0 Å². The molecule has 2 N–H and O–H groups in total. The van der Waals surface area contributed by atoms with E-state index in [-0.39, 0.29) is 0 Å². The Morgan fingerprint density at radius 1 is 1.12 bits per heavy atom. The van der Waals surface area contributed by atoms with Gasteiger partial charge in [0.2, 0.25) is 0 Å². The number of nitrogens with zero attached hydrogens (tertiary/aromatic N) is 3. The van der Waals surface area contributed by atoms with Crippen molar-refractivity contribution in [2.45, 2.75) is 19.5 Å². The number of guanidine groups is 1. The molecule has 0 aliphatic carbocycles. The van der Waals surface area contributed by atoms with Gasteiger partial charge in [-0.25, -0.2) is 0 Å². The molecule has 130 valence electrons. The number of thiophene rings is 1. The molecule has 0 unspecified atom stereocenters. The molecular formula is C19H23N5S. The molecule has 0 aliphatic heterocycles. The topological polar surface area (TPSA) is 54.2 Å². The fourth-order valence-corrected chi connectivity index (χ4v) is 3.32. The summed E-state index contributed by atoms with van der Waals surface area (Å²) in [5, 5.41) is 13.2. The molecule has 3 rings (SSSR count). The fourth-order valence-electron chi connectivity index (χ4n) is 2.61. The van der Waals surface area contributed by atoms with Gasteiger partial charge in [0.05, 0.1) is 6.54 Å². The lowest BCUT2D eigenvalue weighted by atomic mass is 10.1. The Kier molecular flexibility index (Phi) is 6.23. The Bertz CT molecular complexity index is 778. The van der Waals surface area contributed by atoms with E-state index in [0.717, 1.165) is 32.0 Å². The van der Waals surface area contributed by atoms with Crippen molar-refractivity contribution in [2.24, 2.45) is 4.99 Å². The van der Waals surface area contributed by atoms with Gasteiger partial charge in [-0.3, -0.25) is 9.67 Å². The van der Waals surface area contributed by atoms with E-state index >= 15 is 0 Å². The van der Waals surface area contributed by atoms with Crippen LogP contribution in [0.3, 0.4) is 0 Å². The van der Waals surface area contributed by atoms with Crippen LogP contribution in [0, 0.1) is 0 Å². The Morgan fingerprint density at radius 2 is 2.00 bits per heavy atom. The van der Waals surface area contributed by atoms with E-state index in [2.05, 4.69) is 62.5 Å². The molecule has 0 fully saturated rings. The van der Waals surface area contributed by atoms with Crippen LogP contribution in [0.25, 0.3) is 0 Å². The summed E-state index contributed by atoms with van der Waals surface area (Å²) in [6, 6.07) is 14.6. The second-order valence-electron chi connectivity index (χ2n) is 5.65. The van der Waals surface area contributed by atoms with Crippen LogP contribution < -0.4 is 10.6 Å². The summed E-state index contributed by atoms with van der Waals surface area (Å²) in [4.78, 5) is 5.69. The van der Waals surface area contributed by atoms with Crippen molar-refractivity contribution in [1.29, 1.82) is 0 Å². The van der Waals surface area contributed by atoms with Gasteiger partial charge in [-0.1, -0.05) is 30.3 Å². The van der Waals surface area contributed by atoms with Crippen LogP contribution in [-0.4, -0.2) is 29.3 Å². The first-order valence-electron chi connectivity index (χ1n) is 8.36. The molecule has 2 aromatic heterocycles. The number of hydrogen-bond acceptors (Lipinski definition) is 3. The third-order valence-corrected chi connectivity index (χ3v) is 4.86. The maximum Gasteiger partial charge on any atom is 0.191 e. The van der Waals surface area contributed by atoms with Crippen molar-refractivity contribution in [2.75, 3.05) is 13.6 Å². The highest BCUT2D eigenvalue weighted by molar-refractivity contribution is 7.09. The van der Waals surface area contributed by atoms with Crippen LogP contribution in [0.2, 0.25) is 0 Å². The molecule has 0 radical (unpaired) electrons. The Balaban J connectivity index is 1.53. The van der Waals surface area contributed by atoms with Crippen molar-refractivity contribution in [3.8, 4) is 0 Å². The molecule has 0 amide bonds. The van der Waals surface area contributed by atoms with E-state index in [1.165, 1.54) is 16.0 Å². The molecule has 1 aromatic carbocycles. The van der Waals surface area contributed by atoms with Gasteiger partial charge in [-0.15, -0.1) is 11.3 Å². The Morgan fingerprint density at radius 3 is 2.72 bits per heavy atom. The standard InChI is InChI=1S/C19H23N5S/c1-20-19(21-11-9-18-8-4-13-25-18)22-14-16-6-2-3-7-17(16)15-24-12-5-10-23-24/h2-8,10,12-13H,9,11,14-15H2,1H3,(H2,20,21,22). The monoisotopic (exact) mass is 353 g/mol. The van der Waals surface area contributed by atoms with Gasteiger partial charge in [0, 0.05) is 37.4 Å². The largest absolute Gasteiger partial charge is 0.356 e. The summed E-state index contributed by atoms with van der Waals surface area (Å²) in [5.41, 5.74) is 2.51. The van der Waals surface area contributed by atoms with Crippen LogP contribution in [0.1, 0.15) is 16.0 Å². The zero-order valence-electron chi connectivity index (χ0n) is 14.4. The lowest BCUT2D eigenvalue weighted by Gasteiger charge is -2.14. The van der Waals surface area contributed by atoms with Gasteiger partial charge in [-0.2, -0.15) is 5.10 Å². The smallest absolute Gasteiger partial charge is 0.191 e. The summed E-state index contributed by atoms with van der Waals surface area (Å²) in [5.74, 6) is 0.824. The second-order valence-corrected chi connectivity index (χ2v) is 6.69. The van der Waals surface area contributed by atoms with E-state index in [9.17, 15) is 0 Å². The summed E-state index contributed by atoms with van der Waals surface area (Å²) in [6.45, 7) is 2.38. The summed E-state index contributed by atoms with van der Waals surface area (Å²) < 4.78 is 1.94. The molecule has 0 saturated carbocycles. The highest BCUT2D eigenvalue weighted by atomic mass is 32.1. The predicted octanol–water partition coefficient (Wildman–Crippen LogP) is 2.90. The quantitative estimate of drug-likeness (QED) is 0.507. The summed E-state index contributed by atoms with van der Waals surface area (Å²) in [7, 11) is 1.80.